The summed E-state index contributed by atoms with van der Waals surface area (Å²) >= 11 is 0. The van der Waals surface area contributed by atoms with E-state index in [-0.39, 0.29) is 18.9 Å². The van der Waals surface area contributed by atoms with Crippen molar-refractivity contribution in [2.24, 2.45) is 0 Å². The van der Waals surface area contributed by atoms with Crippen LogP contribution in [0.3, 0.4) is 0 Å². The Labute approximate surface area is 513 Å². The van der Waals surface area contributed by atoms with E-state index in [1.807, 2.05) is 0 Å². The molecule has 0 bridgehead atoms. The smallest absolute Gasteiger partial charge is 0.220 e. The molecule has 0 radical (unpaired) electrons. The number of nitrogens with one attached hydrogen (secondary N) is 1. The number of carbonyl (C=O) groups is 1. The summed E-state index contributed by atoms with van der Waals surface area (Å²) in [7, 11) is 0. The summed E-state index contributed by atoms with van der Waals surface area (Å²) in [6.45, 7) is 1.84. The van der Waals surface area contributed by atoms with Crippen LogP contribution in [0.4, 0.5) is 0 Å². The molecule has 1 amide bonds. The number of aliphatic hydroxyl groups excluding tert-OH is 11. The molecular weight excluding hydrogens is 1090 g/mol. The van der Waals surface area contributed by atoms with Gasteiger partial charge in [-0.15, -0.1) is 0 Å². The molecular formula is C66H127NO18. The van der Waals surface area contributed by atoms with E-state index in [0.29, 0.717) is 12.8 Å². The van der Waals surface area contributed by atoms with Crippen molar-refractivity contribution in [3.63, 3.8) is 0 Å². The molecule has 0 saturated carbocycles. The van der Waals surface area contributed by atoms with Crippen LogP contribution < -0.4 is 5.32 Å². The maximum Gasteiger partial charge on any atom is 0.220 e. The van der Waals surface area contributed by atoms with Crippen molar-refractivity contribution in [2.75, 3.05) is 26.4 Å². The van der Waals surface area contributed by atoms with Gasteiger partial charge in [-0.25, -0.2) is 0 Å². The number of unbranched alkanes of at least 4 members (excludes halogenated alkanes) is 38. The Hall–Kier alpha value is -1.21. The van der Waals surface area contributed by atoms with Crippen molar-refractivity contribution in [3.8, 4) is 0 Å². The predicted molar refractivity (Wildman–Crippen MR) is 328 cm³/mol. The van der Waals surface area contributed by atoms with E-state index in [4.69, 9.17) is 28.4 Å². The fraction of sp³-hybridized carbons (Fsp3) is 0.985. The average Bonchev–Trinajstić information content (AvgIpc) is 3.64. The number of ether oxygens (including phenoxy) is 6. The number of rotatable bonds is 54. The molecule has 12 N–H and O–H groups in total. The van der Waals surface area contributed by atoms with Crippen LogP contribution in [0.5, 0.6) is 0 Å². The summed E-state index contributed by atoms with van der Waals surface area (Å²) in [5.74, 6) is -0.236. The van der Waals surface area contributed by atoms with Crippen LogP contribution in [0.25, 0.3) is 0 Å². The molecule has 17 unspecified atom stereocenters. The molecule has 0 spiro atoms. The van der Waals surface area contributed by atoms with Gasteiger partial charge in [-0.1, -0.05) is 264 Å². The molecule has 504 valence electrons. The van der Waals surface area contributed by atoms with Gasteiger partial charge in [-0.3, -0.25) is 4.79 Å². The second-order valence-corrected chi connectivity index (χ2v) is 25.4. The molecule has 3 saturated heterocycles. The first kappa shape index (κ1) is 78.0. The maximum absolute atomic E-state index is 13.4. The molecule has 3 heterocycles. The number of aliphatic hydroxyl groups is 11. The first-order valence-corrected chi connectivity index (χ1v) is 34.8. The van der Waals surface area contributed by atoms with Crippen molar-refractivity contribution >= 4 is 5.91 Å². The minimum absolute atomic E-state index is 0.236. The first-order chi connectivity index (χ1) is 41.3. The first-order valence-electron chi connectivity index (χ1n) is 34.8. The van der Waals surface area contributed by atoms with Crippen LogP contribution in [0.2, 0.25) is 0 Å². The number of hydrogen-bond donors (Lipinski definition) is 12. The summed E-state index contributed by atoms with van der Waals surface area (Å²) in [5, 5.41) is 121. The van der Waals surface area contributed by atoms with Gasteiger partial charge in [0.1, 0.15) is 73.2 Å². The predicted octanol–water partition coefficient (Wildman–Crippen LogP) is 8.72. The summed E-state index contributed by atoms with van der Waals surface area (Å²) in [4.78, 5) is 13.4. The van der Waals surface area contributed by atoms with Crippen LogP contribution in [-0.4, -0.2) is 193 Å². The van der Waals surface area contributed by atoms with Gasteiger partial charge in [-0.2, -0.15) is 0 Å². The second kappa shape index (κ2) is 49.5. The van der Waals surface area contributed by atoms with Gasteiger partial charge in [0, 0.05) is 6.42 Å². The van der Waals surface area contributed by atoms with E-state index >= 15 is 0 Å². The van der Waals surface area contributed by atoms with Crippen molar-refractivity contribution < 1.29 is 89.4 Å². The zero-order chi connectivity index (χ0) is 61.9. The summed E-state index contributed by atoms with van der Waals surface area (Å²) in [5.41, 5.74) is 0. The molecule has 85 heavy (non-hydrogen) atoms. The van der Waals surface area contributed by atoms with Gasteiger partial charge in [0.05, 0.1) is 38.6 Å². The van der Waals surface area contributed by atoms with Crippen LogP contribution in [0.1, 0.15) is 284 Å². The van der Waals surface area contributed by atoms with Gasteiger partial charge in [0.2, 0.25) is 5.91 Å². The third-order valence-corrected chi connectivity index (χ3v) is 17.9. The average molecular weight is 1220 g/mol. The molecule has 0 aromatic heterocycles. The van der Waals surface area contributed by atoms with E-state index in [1.165, 1.54) is 205 Å². The number of amides is 1. The monoisotopic (exact) mass is 1220 g/mol. The molecule has 0 aromatic carbocycles. The molecule has 3 rings (SSSR count). The molecule has 3 fully saturated rings. The largest absolute Gasteiger partial charge is 0.394 e. The highest BCUT2D eigenvalue weighted by atomic mass is 16.8. The van der Waals surface area contributed by atoms with Crippen LogP contribution in [0.15, 0.2) is 0 Å². The highest BCUT2D eigenvalue weighted by Gasteiger charge is 2.53. The molecule has 19 nitrogen and oxygen atoms in total. The van der Waals surface area contributed by atoms with Crippen molar-refractivity contribution in [1.29, 1.82) is 0 Å². The Balaban J connectivity index is 1.43. The molecule has 3 aliphatic rings. The Kier molecular flexibility index (Phi) is 45.4. The Morgan fingerprint density at radius 2 is 0.671 bits per heavy atom. The Morgan fingerprint density at radius 1 is 0.376 bits per heavy atom. The maximum atomic E-state index is 13.4. The standard InChI is InChI=1S/C66H127NO18/c1-3-5-7-9-11-13-15-17-19-21-22-23-24-25-26-28-29-31-33-35-37-39-41-43-50(71)49(67-54(72)44-42-40-38-36-34-32-30-27-20-18-16-14-12-10-8-6-4-2)48-80-64-60(78)57(75)62(52(46-69)82-64)85-66-61(79)58(76)63(53(47-70)83-66)84-65-59(77)56(74)55(73)51(45-68)81-65/h49-53,55-66,68-71,73-79H,3-48H2,1-2H3,(H,67,72). The molecule has 19 heteroatoms. The lowest BCUT2D eigenvalue weighted by molar-refractivity contribution is -0.379. The molecule has 17 atom stereocenters. The summed E-state index contributed by atoms with van der Waals surface area (Å²) < 4.78 is 34.4. The quantitative estimate of drug-likeness (QED) is 0.0253. The van der Waals surface area contributed by atoms with E-state index in [2.05, 4.69) is 19.2 Å². The second-order valence-electron chi connectivity index (χ2n) is 25.4. The minimum atomic E-state index is -1.97. The Morgan fingerprint density at radius 3 is 1.02 bits per heavy atom. The van der Waals surface area contributed by atoms with E-state index in [1.54, 1.807) is 0 Å². The zero-order valence-electron chi connectivity index (χ0n) is 53.1. The molecule has 0 aromatic rings. The number of carbonyl (C=O) groups excluding carboxylic acids is 1. The van der Waals surface area contributed by atoms with Crippen LogP contribution >= 0.6 is 0 Å². The highest BCUT2D eigenvalue weighted by Crippen LogP contribution is 2.33. The van der Waals surface area contributed by atoms with Crippen molar-refractivity contribution in [2.45, 2.75) is 388 Å². The van der Waals surface area contributed by atoms with Gasteiger partial charge in [0.15, 0.2) is 18.9 Å². The van der Waals surface area contributed by atoms with Crippen LogP contribution in [0, 0.1) is 0 Å². The van der Waals surface area contributed by atoms with Gasteiger partial charge < -0.3 is 89.9 Å². The lowest BCUT2D eigenvalue weighted by Gasteiger charge is -2.48. The third-order valence-electron chi connectivity index (χ3n) is 17.9. The Bertz CT molecular complexity index is 1550. The van der Waals surface area contributed by atoms with Gasteiger partial charge >= 0.3 is 0 Å². The van der Waals surface area contributed by atoms with Crippen molar-refractivity contribution in [3.05, 3.63) is 0 Å². The molecule has 0 aliphatic carbocycles. The van der Waals surface area contributed by atoms with Crippen molar-refractivity contribution in [1.82, 2.24) is 5.32 Å². The topological polar surface area (TPSA) is 307 Å². The van der Waals surface area contributed by atoms with Gasteiger partial charge in [-0.05, 0) is 12.8 Å². The lowest BCUT2D eigenvalue weighted by Crippen LogP contribution is -2.66. The van der Waals surface area contributed by atoms with Crippen LogP contribution in [-0.2, 0) is 33.2 Å². The van der Waals surface area contributed by atoms with E-state index in [9.17, 15) is 61.0 Å². The van der Waals surface area contributed by atoms with Gasteiger partial charge in [0.25, 0.3) is 0 Å². The summed E-state index contributed by atoms with van der Waals surface area (Å²) in [6, 6.07) is -0.881. The lowest BCUT2D eigenvalue weighted by atomic mass is 9.96. The van der Waals surface area contributed by atoms with E-state index < -0.39 is 124 Å². The summed E-state index contributed by atoms with van der Waals surface area (Å²) in [6.07, 6.45) is 24.6. The fourth-order valence-electron chi connectivity index (χ4n) is 12.3. The molecule has 3 aliphatic heterocycles. The zero-order valence-corrected chi connectivity index (χ0v) is 53.1. The third kappa shape index (κ3) is 32.1. The fourth-order valence-corrected chi connectivity index (χ4v) is 12.3. The highest BCUT2D eigenvalue weighted by molar-refractivity contribution is 5.76. The number of hydrogen-bond acceptors (Lipinski definition) is 18. The van der Waals surface area contributed by atoms with E-state index in [0.717, 1.165) is 44.9 Å². The minimum Gasteiger partial charge on any atom is -0.394 e. The normalized spacial score (nSPS) is 28.9. The SMILES string of the molecule is CCCCCCCCCCCCCCCCCCCCCCCCCC(O)C(COC1OC(CO)C(OC2OC(CO)C(OC3OC(CO)C(O)C(O)C3O)C(O)C2O)C(O)C1O)NC(=O)CCCCCCCCCCCCCCCCCCC.